The molecule has 0 aromatic rings. The maximum Gasteiger partial charge on any atom is 0.337 e. The van der Waals surface area contributed by atoms with Gasteiger partial charge in [0.2, 0.25) is 18.9 Å². The molecule has 6 aliphatic heterocycles. The number of carbonyl (C=O) groups is 6. The van der Waals surface area contributed by atoms with Crippen LogP contribution >= 0.6 is 0 Å². The van der Waals surface area contributed by atoms with Crippen LogP contribution < -0.4 is 0 Å². The Morgan fingerprint density at radius 2 is 0.832 bits per heavy atom. The molecule has 4 fully saturated rings. The van der Waals surface area contributed by atoms with Gasteiger partial charge in [-0.25, -0.2) is 14.4 Å². The molecule has 7 aliphatic rings. The third-order valence-electron chi connectivity index (χ3n) is 18.0. The van der Waals surface area contributed by atoms with Gasteiger partial charge in [0.25, 0.3) is 0 Å². The van der Waals surface area contributed by atoms with Gasteiger partial charge in [0.1, 0.15) is 79.4 Å². The van der Waals surface area contributed by atoms with E-state index in [-0.39, 0.29) is 39.9 Å². The van der Waals surface area contributed by atoms with Gasteiger partial charge >= 0.3 is 35.8 Å². The molecule has 95 heavy (non-hydrogen) atoms. The highest BCUT2D eigenvalue weighted by Gasteiger charge is 2.53. The monoisotopic (exact) mass is 1360 g/mol. The summed E-state index contributed by atoms with van der Waals surface area (Å²) in [5.41, 5.74) is -0.359. The van der Waals surface area contributed by atoms with Crippen molar-refractivity contribution in [1.82, 2.24) is 0 Å². The van der Waals surface area contributed by atoms with E-state index in [1.54, 1.807) is 6.92 Å². The van der Waals surface area contributed by atoms with Gasteiger partial charge in [-0.15, -0.1) is 0 Å². The molecule has 0 spiro atoms. The molecule has 0 radical (unpaired) electrons. The van der Waals surface area contributed by atoms with Gasteiger partial charge in [-0.05, 0) is 33.1 Å². The van der Waals surface area contributed by atoms with E-state index in [0.29, 0.717) is 0 Å². The van der Waals surface area contributed by atoms with E-state index in [0.717, 1.165) is 40.1 Å². The molecule has 34 heteroatoms. The average Bonchev–Trinajstić information content (AvgIpc) is 0.907. The van der Waals surface area contributed by atoms with E-state index in [1.807, 2.05) is 0 Å². The van der Waals surface area contributed by atoms with Gasteiger partial charge < -0.3 is 137 Å². The van der Waals surface area contributed by atoms with Gasteiger partial charge in [-0.1, -0.05) is 25.2 Å². The van der Waals surface area contributed by atoms with Crippen molar-refractivity contribution in [2.24, 2.45) is 41.4 Å². The number of ether oxygens (including phenoxy) is 15. The normalized spacial score (nSPS) is 38.8. The fraction of sp³-hybridized carbons (Fsp3) is 0.705. The molecular formula is C61H86O34. The number of rotatable bonds is 25. The van der Waals surface area contributed by atoms with E-state index in [1.165, 1.54) is 39.0 Å². The summed E-state index contributed by atoms with van der Waals surface area (Å²) in [4.78, 5) is 82.9. The lowest BCUT2D eigenvalue weighted by Gasteiger charge is -2.42. The third-order valence-corrected chi connectivity index (χ3v) is 18.0. The Balaban J connectivity index is 1.14. The van der Waals surface area contributed by atoms with Crippen LogP contribution in [-0.2, 0) is 99.8 Å². The van der Waals surface area contributed by atoms with Crippen molar-refractivity contribution in [2.45, 2.75) is 170 Å². The van der Waals surface area contributed by atoms with Crippen LogP contribution in [0, 0.1) is 41.4 Å². The van der Waals surface area contributed by atoms with Crippen LogP contribution in [0.15, 0.2) is 70.5 Å². The Labute approximate surface area is 543 Å². The smallest absolute Gasteiger partial charge is 0.337 e. The van der Waals surface area contributed by atoms with Crippen molar-refractivity contribution < 1.29 is 166 Å². The standard InChI is InChI=1S/C61H86O34/c1-8-26-29(33(53(78)81-5)21-86-56(26)93-59-50(75)47(72)44(69)37(16-63)90-59)12-40(66)84-19-25(15-62)43-32(20-85-41(67)13-30-27(9-2)57(87-22-34(30)54(79)82-6)94-60-51(76)48(73)45(70)38(17-64)91-60)24(4)11-36(43)89-42(68)14-31-28(10-3)58(88-23-35(31)55(80)83-7)95-61-52(77)49(74)46(71)39(18-65)92-61/h8-10,21-25,29-32,36-39,43-52,56-65,69-77H,11-20H2,1-7H3. The van der Waals surface area contributed by atoms with Gasteiger partial charge in [-0.2, -0.15) is 0 Å². The molecule has 13 N–H and O–H groups in total. The molecule has 1 aliphatic carbocycles. The molecule has 6 heterocycles. The largest absolute Gasteiger partial charge is 0.468 e. The molecule has 534 valence electrons. The van der Waals surface area contributed by atoms with Crippen LogP contribution in [0.1, 0.15) is 53.4 Å². The predicted molar refractivity (Wildman–Crippen MR) is 308 cm³/mol. The number of esters is 6. The summed E-state index contributed by atoms with van der Waals surface area (Å²) < 4.78 is 84.4. The summed E-state index contributed by atoms with van der Waals surface area (Å²) in [5.74, 6) is -13.2. The molecule has 26 atom stereocenters. The zero-order chi connectivity index (χ0) is 69.9. The highest BCUT2D eigenvalue weighted by Crippen LogP contribution is 2.46. The third kappa shape index (κ3) is 17.1. The second kappa shape index (κ2) is 34.4. The lowest BCUT2D eigenvalue weighted by atomic mass is 9.81. The molecule has 0 aromatic carbocycles. The Morgan fingerprint density at radius 1 is 0.495 bits per heavy atom. The maximum atomic E-state index is 14.6. The quantitative estimate of drug-likeness (QED) is 0.0232. The van der Waals surface area contributed by atoms with E-state index in [2.05, 4.69) is 0 Å². The lowest BCUT2D eigenvalue weighted by molar-refractivity contribution is -0.327. The van der Waals surface area contributed by atoms with Crippen LogP contribution in [0.2, 0.25) is 0 Å². The average molecular weight is 1360 g/mol. The second-order valence-electron chi connectivity index (χ2n) is 23.5. The van der Waals surface area contributed by atoms with Crippen LogP contribution in [0.25, 0.3) is 0 Å². The number of hydrogen-bond donors (Lipinski definition) is 13. The maximum absolute atomic E-state index is 14.6. The van der Waals surface area contributed by atoms with Crippen molar-refractivity contribution in [3.8, 4) is 0 Å². The summed E-state index contributed by atoms with van der Waals surface area (Å²) in [5, 5.41) is 136. The van der Waals surface area contributed by atoms with E-state index < -0.39 is 253 Å². The zero-order valence-corrected chi connectivity index (χ0v) is 52.9. The molecule has 1 saturated carbocycles. The van der Waals surface area contributed by atoms with Crippen LogP contribution in [-0.4, -0.2) is 280 Å². The molecule has 26 unspecified atom stereocenters. The van der Waals surface area contributed by atoms with Crippen molar-refractivity contribution >= 4 is 35.8 Å². The fourth-order valence-electron chi connectivity index (χ4n) is 12.7. The number of aliphatic hydroxyl groups is 13. The van der Waals surface area contributed by atoms with E-state index >= 15 is 0 Å². The zero-order valence-electron chi connectivity index (χ0n) is 52.9. The number of methoxy groups -OCH3 is 3. The van der Waals surface area contributed by atoms with Crippen molar-refractivity contribution in [3.63, 3.8) is 0 Å². The first-order valence-corrected chi connectivity index (χ1v) is 30.6. The summed E-state index contributed by atoms with van der Waals surface area (Å²) in [6.45, 7) is 1.96. The van der Waals surface area contributed by atoms with Crippen LogP contribution in [0.3, 0.4) is 0 Å². The van der Waals surface area contributed by atoms with Crippen molar-refractivity contribution in [1.29, 1.82) is 0 Å². The molecule has 0 bridgehead atoms. The van der Waals surface area contributed by atoms with Gasteiger partial charge in [0, 0.05) is 58.8 Å². The minimum atomic E-state index is -1.89. The predicted octanol–water partition coefficient (Wildman–Crippen LogP) is -4.59. The Kier molecular flexibility index (Phi) is 27.6. The molecule has 3 saturated heterocycles. The highest BCUT2D eigenvalue weighted by atomic mass is 16.8. The summed E-state index contributed by atoms with van der Waals surface area (Å²) >= 11 is 0. The summed E-state index contributed by atoms with van der Waals surface area (Å²) in [6.07, 6.45) is -26.4. The summed E-state index contributed by atoms with van der Waals surface area (Å²) in [7, 11) is 3.20. The fourth-order valence-corrected chi connectivity index (χ4v) is 12.7. The van der Waals surface area contributed by atoms with E-state index in [4.69, 9.17) is 71.1 Å². The first-order chi connectivity index (χ1) is 45.3. The molecule has 0 amide bonds. The molecular weight excluding hydrogens is 1280 g/mol. The van der Waals surface area contributed by atoms with Gasteiger partial charge in [0.15, 0.2) is 18.9 Å². The number of hydrogen-bond acceptors (Lipinski definition) is 34. The molecule has 7 rings (SSSR count). The minimum absolute atomic E-state index is 0.000589. The first-order valence-electron chi connectivity index (χ1n) is 30.6. The van der Waals surface area contributed by atoms with Gasteiger partial charge in [0.05, 0.1) is 109 Å². The lowest BCUT2D eigenvalue weighted by Crippen LogP contribution is -2.60. The van der Waals surface area contributed by atoms with Crippen LogP contribution in [0.5, 0.6) is 0 Å². The Hall–Kier alpha value is -6.10. The number of aliphatic hydroxyl groups excluding tert-OH is 13. The first kappa shape index (κ1) is 76.3. The number of carbonyl (C=O) groups excluding carboxylic acids is 6. The Morgan fingerprint density at radius 3 is 1.15 bits per heavy atom. The van der Waals surface area contributed by atoms with E-state index in [9.17, 15) is 95.2 Å². The minimum Gasteiger partial charge on any atom is -0.468 e. The number of allylic oxidation sites excluding steroid dienone is 3. The van der Waals surface area contributed by atoms with Gasteiger partial charge in [-0.3, -0.25) is 14.4 Å². The molecule has 0 aromatic heterocycles. The Bertz CT molecular complexity index is 2850. The second-order valence-corrected chi connectivity index (χ2v) is 23.5. The van der Waals surface area contributed by atoms with Crippen LogP contribution in [0.4, 0.5) is 0 Å². The van der Waals surface area contributed by atoms with Crippen molar-refractivity contribution in [3.05, 3.63) is 70.5 Å². The van der Waals surface area contributed by atoms with Crippen molar-refractivity contribution in [2.75, 3.05) is 61.0 Å². The summed E-state index contributed by atoms with van der Waals surface area (Å²) in [6, 6.07) is 0. The molecule has 34 nitrogen and oxygen atoms in total. The highest BCUT2D eigenvalue weighted by molar-refractivity contribution is 5.92. The topological polar surface area (TPSA) is 504 Å². The SMILES string of the molecule is CC=C1C(OC2OC(CO)C(O)C(O)C2O)OC=C(C(=O)OC)C1CC(=O)OCC(CO)C1C(OC(=O)CC2C(C(=O)OC)=COC(OC3OC(CO)C(O)C(O)C3O)C2=CC)CC(C)C1COC(=O)CC1C(C(=O)OC)=COC(OC2OC(CO)C(O)C(O)C2O)C1=CC.